The van der Waals surface area contributed by atoms with Gasteiger partial charge in [0.05, 0.1) is 0 Å². The van der Waals surface area contributed by atoms with Crippen molar-refractivity contribution in [3.05, 3.63) is 0 Å². The Bertz CT molecular complexity index is 274. The van der Waals surface area contributed by atoms with Gasteiger partial charge in [0.25, 0.3) is 0 Å². The largest absolute Gasteiger partial charge is 0.353 e. The van der Waals surface area contributed by atoms with Crippen LogP contribution in [0.3, 0.4) is 0 Å². The molecule has 1 aliphatic heterocycles. The first-order valence-corrected chi connectivity index (χ1v) is 8.30. The van der Waals surface area contributed by atoms with Crippen molar-refractivity contribution in [3.8, 4) is 0 Å². The minimum atomic E-state index is 0. The standard InChI is InChI=1S/C16H30N2O.ClH/c1-2-5-14(12-13-6-3-4-7-13)16(19)18-15-8-10-17-11-9-15;/h13-15,17H,2-12H2,1H3,(H,18,19);1H. The lowest BCUT2D eigenvalue weighted by Crippen LogP contribution is -2.45. The molecule has 2 N–H and O–H groups in total. The molecule has 1 unspecified atom stereocenters. The second kappa shape index (κ2) is 9.62. The van der Waals surface area contributed by atoms with Gasteiger partial charge in [0.2, 0.25) is 5.91 Å². The Balaban J connectivity index is 0.00000200. The van der Waals surface area contributed by atoms with Crippen LogP contribution >= 0.6 is 12.4 Å². The van der Waals surface area contributed by atoms with E-state index in [1.165, 1.54) is 25.7 Å². The smallest absolute Gasteiger partial charge is 0.223 e. The molecule has 0 radical (unpaired) electrons. The first kappa shape index (κ1) is 17.8. The van der Waals surface area contributed by atoms with E-state index in [-0.39, 0.29) is 18.3 Å². The molecular formula is C16H31ClN2O. The fraction of sp³-hybridized carbons (Fsp3) is 0.938. The first-order chi connectivity index (χ1) is 9.29. The molecule has 4 heteroatoms. The molecule has 118 valence electrons. The van der Waals surface area contributed by atoms with Crippen molar-refractivity contribution in [1.82, 2.24) is 10.6 Å². The van der Waals surface area contributed by atoms with E-state index >= 15 is 0 Å². The molecule has 2 fully saturated rings. The van der Waals surface area contributed by atoms with E-state index in [0.29, 0.717) is 11.9 Å². The lowest BCUT2D eigenvalue weighted by molar-refractivity contribution is -0.126. The van der Waals surface area contributed by atoms with Gasteiger partial charge >= 0.3 is 0 Å². The molecule has 1 heterocycles. The van der Waals surface area contributed by atoms with E-state index in [1.807, 2.05) is 0 Å². The quantitative estimate of drug-likeness (QED) is 0.790. The second-order valence-electron chi connectivity index (χ2n) is 6.40. The molecule has 2 rings (SSSR count). The summed E-state index contributed by atoms with van der Waals surface area (Å²) in [6.07, 6.45) is 10.9. The molecule has 1 amide bonds. The zero-order valence-corrected chi connectivity index (χ0v) is 13.6. The van der Waals surface area contributed by atoms with Crippen molar-refractivity contribution in [1.29, 1.82) is 0 Å². The molecule has 1 saturated heterocycles. The first-order valence-electron chi connectivity index (χ1n) is 8.30. The van der Waals surface area contributed by atoms with Crippen LogP contribution < -0.4 is 10.6 Å². The van der Waals surface area contributed by atoms with Crippen LogP contribution in [0.15, 0.2) is 0 Å². The summed E-state index contributed by atoms with van der Waals surface area (Å²) in [6, 6.07) is 0.414. The van der Waals surface area contributed by atoms with Gasteiger partial charge in [-0.2, -0.15) is 0 Å². The number of hydrogen-bond donors (Lipinski definition) is 2. The van der Waals surface area contributed by atoms with Gasteiger partial charge in [-0.05, 0) is 44.7 Å². The van der Waals surface area contributed by atoms with Gasteiger partial charge in [-0.1, -0.05) is 39.0 Å². The van der Waals surface area contributed by atoms with Crippen molar-refractivity contribution in [3.63, 3.8) is 0 Å². The van der Waals surface area contributed by atoms with Crippen molar-refractivity contribution < 1.29 is 4.79 Å². The van der Waals surface area contributed by atoms with Gasteiger partial charge in [-0.15, -0.1) is 12.4 Å². The van der Waals surface area contributed by atoms with Crippen LogP contribution in [0, 0.1) is 11.8 Å². The maximum absolute atomic E-state index is 12.5. The highest BCUT2D eigenvalue weighted by Gasteiger charge is 2.26. The number of nitrogens with one attached hydrogen (secondary N) is 2. The Morgan fingerprint density at radius 1 is 1.20 bits per heavy atom. The van der Waals surface area contributed by atoms with Crippen molar-refractivity contribution in [2.75, 3.05) is 13.1 Å². The Morgan fingerprint density at radius 2 is 1.85 bits per heavy atom. The third kappa shape index (κ3) is 5.61. The summed E-state index contributed by atoms with van der Waals surface area (Å²) in [5.74, 6) is 1.42. The van der Waals surface area contributed by atoms with E-state index in [9.17, 15) is 4.79 Å². The minimum Gasteiger partial charge on any atom is -0.353 e. The number of rotatable bonds is 6. The van der Waals surface area contributed by atoms with Crippen LogP contribution in [-0.4, -0.2) is 25.0 Å². The molecule has 1 atom stereocenters. The molecule has 2 aliphatic rings. The predicted molar refractivity (Wildman–Crippen MR) is 86.3 cm³/mol. The SMILES string of the molecule is CCCC(CC1CCCC1)C(=O)NC1CCNCC1.Cl. The van der Waals surface area contributed by atoms with E-state index in [1.54, 1.807) is 0 Å². The van der Waals surface area contributed by atoms with E-state index in [2.05, 4.69) is 17.6 Å². The normalized spacial score (nSPS) is 22.2. The highest BCUT2D eigenvalue weighted by molar-refractivity contribution is 5.85. The van der Waals surface area contributed by atoms with E-state index in [0.717, 1.165) is 51.1 Å². The molecule has 1 saturated carbocycles. The predicted octanol–water partition coefficient (Wildman–Crippen LogP) is 3.27. The third-order valence-corrected chi connectivity index (χ3v) is 4.79. The number of carbonyl (C=O) groups excluding carboxylic acids is 1. The lowest BCUT2D eigenvalue weighted by Gasteiger charge is -2.27. The van der Waals surface area contributed by atoms with Crippen LogP contribution in [-0.2, 0) is 4.79 Å². The highest BCUT2D eigenvalue weighted by atomic mass is 35.5. The summed E-state index contributed by atoms with van der Waals surface area (Å²) in [5.41, 5.74) is 0. The Labute approximate surface area is 130 Å². The Morgan fingerprint density at radius 3 is 2.45 bits per heavy atom. The van der Waals surface area contributed by atoms with Crippen LogP contribution in [0.5, 0.6) is 0 Å². The fourth-order valence-electron chi connectivity index (χ4n) is 3.64. The summed E-state index contributed by atoms with van der Waals surface area (Å²) in [6.45, 7) is 4.29. The van der Waals surface area contributed by atoms with E-state index < -0.39 is 0 Å². The van der Waals surface area contributed by atoms with Crippen molar-refractivity contribution >= 4 is 18.3 Å². The minimum absolute atomic E-state index is 0. The Kier molecular flexibility index (Phi) is 8.55. The molecule has 3 nitrogen and oxygen atoms in total. The fourth-order valence-corrected chi connectivity index (χ4v) is 3.64. The topological polar surface area (TPSA) is 41.1 Å². The monoisotopic (exact) mass is 302 g/mol. The van der Waals surface area contributed by atoms with Crippen molar-refractivity contribution in [2.24, 2.45) is 11.8 Å². The number of carbonyl (C=O) groups is 1. The van der Waals surface area contributed by atoms with Crippen LogP contribution in [0.1, 0.15) is 64.7 Å². The third-order valence-electron chi connectivity index (χ3n) is 4.79. The molecule has 0 aromatic carbocycles. The molecule has 0 aromatic rings. The zero-order chi connectivity index (χ0) is 13.5. The maximum Gasteiger partial charge on any atom is 0.223 e. The molecule has 0 aromatic heterocycles. The summed E-state index contributed by atoms with van der Waals surface area (Å²) in [5, 5.41) is 6.65. The summed E-state index contributed by atoms with van der Waals surface area (Å²) < 4.78 is 0. The second-order valence-corrected chi connectivity index (χ2v) is 6.40. The number of hydrogen-bond acceptors (Lipinski definition) is 2. The number of piperidine rings is 1. The van der Waals surface area contributed by atoms with Gasteiger partial charge in [0.1, 0.15) is 0 Å². The van der Waals surface area contributed by atoms with E-state index in [4.69, 9.17) is 0 Å². The average molecular weight is 303 g/mol. The molecule has 20 heavy (non-hydrogen) atoms. The number of halogens is 1. The maximum atomic E-state index is 12.5. The lowest BCUT2D eigenvalue weighted by atomic mass is 9.89. The van der Waals surface area contributed by atoms with Gasteiger partial charge in [-0.25, -0.2) is 0 Å². The molecule has 0 bridgehead atoms. The van der Waals surface area contributed by atoms with Gasteiger partial charge in [0.15, 0.2) is 0 Å². The summed E-state index contributed by atoms with van der Waals surface area (Å²) in [4.78, 5) is 12.5. The van der Waals surface area contributed by atoms with Crippen LogP contribution in [0.2, 0.25) is 0 Å². The number of amides is 1. The molecule has 1 aliphatic carbocycles. The van der Waals surface area contributed by atoms with Crippen molar-refractivity contribution in [2.45, 2.75) is 70.8 Å². The highest BCUT2D eigenvalue weighted by Crippen LogP contribution is 2.31. The average Bonchev–Trinajstić information content (AvgIpc) is 2.92. The van der Waals surface area contributed by atoms with Gasteiger partial charge < -0.3 is 10.6 Å². The van der Waals surface area contributed by atoms with Crippen LogP contribution in [0.4, 0.5) is 0 Å². The summed E-state index contributed by atoms with van der Waals surface area (Å²) >= 11 is 0. The van der Waals surface area contributed by atoms with Gasteiger partial charge in [0, 0.05) is 12.0 Å². The zero-order valence-electron chi connectivity index (χ0n) is 12.8. The Hall–Kier alpha value is -0.280. The van der Waals surface area contributed by atoms with Gasteiger partial charge in [-0.3, -0.25) is 4.79 Å². The molecular weight excluding hydrogens is 272 g/mol. The summed E-state index contributed by atoms with van der Waals surface area (Å²) in [7, 11) is 0. The molecule has 0 spiro atoms. The van der Waals surface area contributed by atoms with Crippen LogP contribution in [0.25, 0.3) is 0 Å².